The Labute approximate surface area is 416 Å². The first kappa shape index (κ1) is 43.1. The first-order valence-electron chi connectivity index (χ1n) is 25.4. The van der Waals surface area contributed by atoms with Gasteiger partial charge in [-0.05, 0) is 131 Å². The molecule has 5 heterocycles. The molecule has 70 heavy (non-hydrogen) atoms. The van der Waals surface area contributed by atoms with Crippen LogP contribution in [0.3, 0.4) is 0 Å². The molecule has 0 spiro atoms. The Morgan fingerprint density at radius 3 is 1.14 bits per heavy atom. The predicted octanol–water partition coefficient (Wildman–Crippen LogP) is 13.3. The van der Waals surface area contributed by atoms with E-state index in [2.05, 4.69) is 249 Å². The minimum Gasteiger partial charge on any atom is -0.453 e. The summed E-state index contributed by atoms with van der Waals surface area (Å²) in [4.78, 5) is 7.94. The number of nitrogens with zero attached hydrogens (tertiary/aromatic N) is 3. The molecule has 0 amide bonds. The quantitative estimate of drug-likeness (QED) is 0.164. The molecule has 13 rings (SSSR count). The summed E-state index contributed by atoms with van der Waals surface area (Å²) in [5.74, 6) is 1.81. The van der Waals surface area contributed by atoms with Gasteiger partial charge in [-0.3, -0.25) is 0 Å². The third kappa shape index (κ3) is 6.04. The van der Waals surface area contributed by atoms with Gasteiger partial charge in [0, 0.05) is 34.0 Å². The first-order chi connectivity index (χ1) is 33.3. The highest BCUT2D eigenvalue weighted by Gasteiger charge is 2.55. The summed E-state index contributed by atoms with van der Waals surface area (Å²) >= 11 is 0. The van der Waals surface area contributed by atoms with Gasteiger partial charge < -0.3 is 19.4 Å². The number of benzene rings is 8. The van der Waals surface area contributed by atoms with Crippen LogP contribution in [0.4, 0.5) is 51.2 Å². The molecule has 344 valence electrons. The first-order valence-corrected chi connectivity index (χ1v) is 25.4. The van der Waals surface area contributed by atoms with E-state index in [0.717, 1.165) is 34.2 Å². The molecule has 0 saturated heterocycles. The van der Waals surface area contributed by atoms with Gasteiger partial charge in [0.2, 0.25) is 0 Å². The van der Waals surface area contributed by atoms with Gasteiger partial charge >= 0.3 is 0 Å². The fraction of sp³-hybridized carbons (Fsp3) is 0.250. The second-order valence-electron chi connectivity index (χ2n) is 24.6. The number of ether oxygens (including phenoxy) is 1. The number of hydrogen-bond donors (Lipinski definition) is 0. The molecule has 0 aliphatic carbocycles. The fourth-order valence-electron chi connectivity index (χ4n) is 12.4. The normalized spacial score (nSPS) is 14.8. The maximum atomic E-state index is 7.15. The van der Waals surface area contributed by atoms with Crippen LogP contribution >= 0.6 is 0 Å². The average molecular weight is 910 g/mol. The van der Waals surface area contributed by atoms with Gasteiger partial charge in [-0.1, -0.05) is 186 Å². The lowest BCUT2D eigenvalue weighted by atomic mass is 9.28. The monoisotopic (exact) mass is 910 g/mol. The van der Waals surface area contributed by atoms with Crippen molar-refractivity contribution in [1.82, 2.24) is 0 Å². The highest BCUT2D eigenvalue weighted by molar-refractivity contribution is 7.05. The number of para-hydroxylation sites is 2. The molecule has 0 N–H and O–H groups in total. The maximum Gasteiger partial charge on any atom is 0.252 e. The zero-order chi connectivity index (χ0) is 48.6. The van der Waals surface area contributed by atoms with Crippen LogP contribution in [0.2, 0.25) is 0 Å². The summed E-state index contributed by atoms with van der Waals surface area (Å²) in [6, 6.07) is 58.5. The summed E-state index contributed by atoms with van der Waals surface area (Å²) in [5, 5.41) is 0. The Hall–Kier alpha value is -6.91. The summed E-state index contributed by atoms with van der Waals surface area (Å²) in [6.45, 7) is 27.8. The molecule has 0 saturated carbocycles. The van der Waals surface area contributed by atoms with E-state index in [-0.39, 0.29) is 35.1 Å². The SMILES string of the molecule is CC(C)(C)c1ccc(N2c3ccc(C(C)(C)C)cc3B3c4cccc5c4N4c6c(cccc6B6c7cc(C(C)(C)C)ccc7N(c7ccc(C(C)(C)C)cc7)c7c6c4c3c2c7-c2ccccc2)O5)cc1. The Kier molecular flexibility index (Phi) is 8.84. The molecule has 5 aliphatic rings. The number of rotatable bonds is 3. The molecule has 8 aromatic rings. The topological polar surface area (TPSA) is 19.0 Å². The van der Waals surface area contributed by atoms with E-state index < -0.39 is 0 Å². The average Bonchev–Trinajstić information content (AvgIpc) is 3.32. The fourth-order valence-corrected chi connectivity index (χ4v) is 12.4. The minimum absolute atomic E-state index is 0.00335. The lowest BCUT2D eigenvalue weighted by Crippen LogP contribution is -2.69. The third-order valence-electron chi connectivity index (χ3n) is 16.0. The van der Waals surface area contributed by atoms with Crippen LogP contribution in [-0.4, -0.2) is 13.4 Å². The van der Waals surface area contributed by atoms with Crippen LogP contribution < -0.4 is 52.2 Å². The molecule has 0 aromatic heterocycles. The third-order valence-corrected chi connectivity index (χ3v) is 16.0. The van der Waals surface area contributed by atoms with Crippen molar-refractivity contribution < 1.29 is 4.74 Å². The second-order valence-corrected chi connectivity index (χ2v) is 24.6. The number of fused-ring (bicyclic) bond motifs is 6. The Morgan fingerprint density at radius 2 is 0.743 bits per heavy atom. The van der Waals surface area contributed by atoms with Crippen LogP contribution in [0, 0.1) is 0 Å². The Balaban J connectivity index is 1.26. The zero-order valence-electron chi connectivity index (χ0n) is 42.8. The zero-order valence-corrected chi connectivity index (χ0v) is 42.8. The van der Waals surface area contributed by atoms with E-state index in [1.165, 1.54) is 94.6 Å². The molecule has 5 aliphatic heterocycles. The Bertz CT molecular complexity index is 3300. The van der Waals surface area contributed by atoms with Crippen molar-refractivity contribution in [3.05, 3.63) is 174 Å². The smallest absolute Gasteiger partial charge is 0.252 e. The van der Waals surface area contributed by atoms with Gasteiger partial charge in [0.15, 0.2) is 11.5 Å². The van der Waals surface area contributed by atoms with E-state index in [4.69, 9.17) is 4.74 Å². The van der Waals surface area contributed by atoms with E-state index >= 15 is 0 Å². The summed E-state index contributed by atoms with van der Waals surface area (Å²) in [5.41, 5.74) is 26.3. The van der Waals surface area contributed by atoms with Crippen LogP contribution in [0.15, 0.2) is 152 Å². The van der Waals surface area contributed by atoms with Gasteiger partial charge in [-0.25, -0.2) is 0 Å². The molecule has 0 radical (unpaired) electrons. The van der Waals surface area contributed by atoms with Gasteiger partial charge in [0.1, 0.15) is 0 Å². The van der Waals surface area contributed by atoms with Crippen LogP contribution in [0.5, 0.6) is 11.5 Å². The standard InChI is InChI=1S/C64H61B2N3O/c1-61(2,3)39-24-30-43(31-25-39)67-49-34-28-41(63(7,8)9)36-47(49)65-45-20-16-22-51-56(45)69-57-46(21-17-23-52(57)70-51)66-48-37-42(64(10,11)12)29-35-50(48)68(44-32-26-40(27-33-44)62(4,5)6)59-53(38-18-14-13-15-19-38)58(67)54(65)60(69)55(59)66/h13-37H,1-12H3. The van der Waals surface area contributed by atoms with Crippen molar-refractivity contribution in [2.24, 2.45) is 0 Å². The molecule has 0 atom stereocenters. The van der Waals surface area contributed by atoms with Crippen molar-refractivity contribution in [1.29, 1.82) is 0 Å². The van der Waals surface area contributed by atoms with Crippen molar-refractivity contribution in [3.63, 3.8) is 0 Å². The van der Waals surface area contributed by atoms with Crippen LogP contribution in [0.25, 0.3) is 11.1 Å². The predicted molar refractivity (Wildman–Crippen MR) is 300 cm³/mol. The molecular formula is C64H61B2N3O. The largest absolute Gasteiger partial charge is 0.453 e. The van der Waals surface area contributed by atoms with Crippen LogP contribution in [0.1, 0.15) is 105 Å². The number of hydrogen-bond acceptors (Lipinski definition) is 4. The maximum absolute atomic E-state index is 7.15. The van der Waals surface area contributed by atoms with E-state index in [1.807, 2.05) is 0 Å². The lowest BCUT2D eigenvalue weighted by molar-refractivity contribution is 0.478. The second kappa shape index (κ2) is 14.3. The van der Waals surface area contributed by atoms with Gasteiger partial charge in [-0.15, -0.1) is 0 Å². The summed E-state index contributed by atoms with van der Waals surface area (Å²) < 4.78 is 7.15. The highest BCUT2D eigenvalue weighted by atomic mass is 16.5. The van der Waals surface area contributed by atoms with Crippen molar-refractivity contribution in [2.75, 3.05) is 14.7 Å². The minimum atomic E-state index is -0.0794. The molecule has 0 bridgehead atoms. The van der Waals surface area contributed by atoms with Gasteiger partial charge in [-0.2, -0.15) is 0 Å². The molecule has 0 fully saturated rings. The lowest BCUT2D eigenvalue weighted by Gasteiger charge is -2.53. The number of anilines is 9. The van der Waals surface area contributed by atoms with Crippen molar-refractivity contribution in [3.8, 4) is 22.6 Å². The highest BCUT2D eigenvalue weighted by Crippen LogP contribution is 2.59. The molecule has 8 aromatic carbocycles. The van der Waals surface area contributed by atoms with Crippen molar-refractivity contribution >= 4 is 97.4 Å². The van der Waals surface area contributed by atoms with Crippen molar-refractivity contribution in [2.45, 2.75) is 105 Å². The Morgan fingerprint density at radius 1 is 0.343 bits per heavy atom. The molecule has 6 heteroatoms. The molecular weight excluding hydrogens is 848 g/mol. The summed E-state index contributed by atoms with van der Waals surface area (Å²) in [7, 11) is 0. The van der Waals surface area contributed by atoms with Gasteiger partial charge in [0.05, 0.1) is 22.7 Å². The summed E-state index contributed by atoms with van der Waals surface area (Å²) in [6.07, 6.45) is 0. The molecule has 4 nitrogen and oxygen atoms in total. The van der Waals surface area contributed by atoms with E-state index in [1.54, 1.807) is 0 Å². The van der Waals surface area contributed by atoms with Gasteiger partial charge in [0.25, 0.3) is 13.4 Å². The van der Waals surface area contributed by atoms with E-state index in [9.17, 15) is 0 Å². The molecule has 0 unspecified atom stereocenters. The van der Waals surface area contributed by atoms with Crippen LogP contribution in [-0.2, 0) is 21.7 Å². The van der Waals surface area contributed by atoms with E-state index in [0.29, 0.717) is 0 Å².